The second kappa shape index (κ2) is 8.86. The molecule has 0 saturated carbocycles. The number of fused-ring (bicyclic) bond motifs is 2. The average molecular weight is 438 g/mol. The first-order valence-electron chi connectivity index (χ1n) is 10.7. The van der Waals surface area contributed by atoms with Gasteiger partial charge in [0.2, 0.25) is 11.8 Å². The standard InChI is InChI=1S/C23H27N5O4/c1-14-11-24-23(32)20(21(30)16-13-27(2)17-8-4-3-7-15(16)17)26-19(29)12-25-22(31)18-9-5-6-10-28(14)18/h3-4,7-8,13,18,20H,1,5-6,9-12H2,2H3,(H,24,32)(H,25,31)(H,26,29). The Kier molecular flexibility index (Phi) is 5.98. The Hall–Kier alpha value is -3.62. The number of rotatable bonds is 2. The molecule has 4 rings (SSSR count). The molecule has 3 amide bonds. The molecule has 3 N–H and O–H groups in total. The van der Waals surface area contributed by atoms with Crippen molar-refractivity contribution in [3.8, 4) is 0 Å². The van der Waals surface area contributed by atoms with Crippen molar-refractivity contribution in [1.82, 2.24) is 25.4 Å². The van der Waals surface area contributed by atoms with Crippen molar-refractivity contribution in [2.24, 2.45) is 7.05 Å². The van der Waals surface area contributed by atoms with Crippen molar-refractivity contribution >= 4 is 34.4 Å². The molecule has 2 unspecified atom stereocenters. The molecule has 0 aliphatic carbocycles. The van der Waals surface area contributed by atoms with Crippen LogP contribution in [0.3, 0.4) is 0 Å². The van der Waals surface area contributed by atoms with Crippen molar-refractivity contribution in [1.29, 1.82) is 0 Å². The van der Waals surface area contributed by atoms with Gasteiger partial charge in [0.25, 0.3) is 5.91 Å². The van der Waals surface area contributed by atoms with E-state index < -0.39 is 29.7 Å². The summed E-state index contributed by atoms with van der Waals surface area (Å²) in [6.07, 6.45) is 4.13. The van der Waals surface area contributed by atoms with E-state index in [0.29, 0.717) is 29.6 Å². The predicted molar refractivity (Wildman–Crippen MR) is 119 cm³/mol. The summed E-state index contributed by atoms with van der Waals surface area (Å²) in [7, 11) is 1.81. The van der Waals surface area contributed by atoms with Crippen LogP contribution in [0.4, 0.5) is 0 Å². The maximum absolute atomic E-state index is 13.4. The van der Waals surface area contributed by atoms with Crippen LogP contribution in [-0.4, -0.2) is 64.7 Å². The second-order valence-electron chi connectivity index (χ2n) is 8.24. The van der Waals surface area contributed by atoms with Crippen LogP contribution in [0.5, 0.6) is 0 Å². The summed E-state index contributed by atoms with van der Waals surface area (Å²) in [5.74, 6) is -1.99. The Labute approximate surface area is 185 Å². The molecule has 168 valence electrons. The molecule has 2 aliphatic rings. The van der Waals surface area contributed by atoms with E-state index in [9.17, 15) is 19.2 Å². The molecular weight excluding hydrogens is 410 g/mol. The quantitative estimate of drug-likeness (QED) is 0.467. The van der Waals surface area contributed by atoms with Gasteiger partial charge in [-0.2, -0.15) is 0 Å². The van der Waals surface area contributed by atoms with Crippen LogP contribution in [0, 0.1) is 0 Å². The minimum absolute atomic E-state index is 0.0812. The lowest BCUT2D eigenvalue weighted by molar-refractivity contribution is -0.131. The fraction of sp³-hybridized carbons (Fsp3) is 0.391. The Balaban J connectivity index is 1.62. The lowest BCUT2D eigenvalue weighted by Crippen LogP contribution is -2.57. The van der Waals surface area contributed by atoms with Crippen molar-refractivity contribution < 1.29 is 19.2 Å². The van der Waals surface area contributed by atoms with Crippen LogP contribution in [-0.2, 0) is 21.4 Å². The van der Waals surface area contributed by atoms with Crippen LogP contribution in [0.2, 0.25) is 0 Å². The van der Waals surface area contributed by atoms with Crippen molar-refractivity contribution in [3.63, 3.8) is 0 Å². The Morgan fingerprint density at radius 1 is 1.06 bits per heavy atom. The summed E-state index contributed by atoms with van der Waals surface area (Å²) >= 11 is 0. The first-order valence-corrected chi connectivity index (χ1v) is 10.7. The van der Waals surface area contributed by atoms with E-state index in [1.165, 1.54) is 0 Å². The number of aromatic nitrogens is 1. The van der Waals surface area contributed by atoms with Gasteiger partial charge < -0.3 is 25.4 Å². The molecule has 1 aromatic heterocycles. The molecular formula is C23H27N5O4. The van der Waals surface area contributed by atoms with Gasteiger partial charge in [-0.05, 0) is 25.3 Å². The number of carbonyl (C=O) groups is 4. The summed E-state index contributed by atoms with van der Waals surface area (Å²) < 4.78 is 1.80. The third-order valence-electron chi connectivity index (χ3n) is 6.09. The molecule has 2 atom stereocenters. The Morgan fingerprint density at radius 2 is 1.81 bits per heavy atom. The van der Waals surface area contributed by atoms with E-state index in [1.807, 2.05) is 30.1 Å². The fourth-order valence-electron chi connectivity index (χ4n) is 4.42. The maximum atomic E-state index is 13.4. The summed E-state index contributed by atoms with van der Waals surface area (Å²) in [5.41, 5.74) is 1.78. The molecule has 2 fully saturated rings. The van der Waals surface area contributed by atoms with Crippen LogP contribution in [0.15, 0.2) is 42.7 Å². The average Bonchev–Trinajstić information content (AvgIpc) is 3.15. The third kappa shape index (κ3) is 4.10. The number of benzene rings is 1. The topological polar surface area (TPSA) is 113 Å². The summed E-state index contributed by atoms with van der Waals surface area (Å²) in [6.45, 7) is 4.45. The van der Waals surface area contributed by atoms with Gasteiger partial charge in [0, 0.05) is 42.0 Å². The van der Waals surface area contributed by atoms with Gasteiger partial charge >= 0.3 is 0 Å². The van der Waals surface area contributed by atoms with Gasteiger partial charge in [-0.15, -0.1) is 0 Å². The van der Waals surface area contributed by atoms with E-state index >= 15 is 0 Å². The van der Waals surface area contributed by atoms with Gasteiger partial charge in [-0.25, -0.2) is 0 Å². The normalized spacial score (nSPS) is 22.8. The minimum Gasteiger partial charge on any atom is -0.362 e. The summed E-state index contributed by atoms with van der Waals surface area (Å²) in [5, 5.41) is 8.55. The minimum atomic E-state index is -1.42. The number of hydrogen-bond acceptors (Lipinski definition) is 5. The van der Waals surface area contributed by atoms with Gasteiger partial charge in [0.15, 0.2) is 11.8 Å². The zero-order valence-corrected chi connectivity index (χ0v) is 18.0. The van der Waals surface area contributed by atoms with Crippen LogP contribution < -0.4 is 16.0 Å². The monoisotopic (exact) mass is 437 g/mol. The molecule has 32 heavy (non-hydrogen) atoms. The van der Waals surface area contributed by atoms with Crippen molar-refractivity contribution in [3.05, 3.63) is 48.3 Å². The molecule has 0 radical (unpaired) electrons. The molecule has 2 saturated heterocycles. The highest BCUT2D eigenvalue weighted by Crippen LogP contribution is 2.23. The van der Waals surface area contributed by atoms with Crippen molar-refractivity contribution in [2.45, 2.75) is 31.3 Å². The lowest BCUT2D eigenvalue weighted by Gasteiger charge is -2.38. The number of nitrogens with one attached hydrogen (secondary N) is 3. The summed E-state index contributed by atoms with van der Waals surface area (Å²) in [6, 6.07) is 5.51. The van der Waals surface area contributed by atoms with Crippen molar-refractivity contribution in [2.75, 3.05) is 19.6 Å². The van der Waals surface area contributed by atoms with Crippen LogP contribution in [0.1, 0.15) is 29.6 Å². The van der Waals surface area contributed by atoms with E-state index in [4.69, 9.17) is 0 Å². The van der Waals surface area contributed by atoms with Gasteiger partial charge in [0.1, 0.15) is 6.04 Å². The molecule has 2 aliphatic heterocycles. The molecule has 1 aromatic carbocycles. The highest BCUT2D eigenvalue weighted by Gasteiger charge is 2.34. The first kappa shape index (κ1) is 21.6. The Bertz CT molecular complexity index is 1100. The zero-order valence-electron chi connectivity index (χ0n) is 18.0. The molecule has 9 heteroatoms. The maximum Gasteiger partial charge on any atom is 0.251 e. The molecule has 3 heterocycles. The molecule has 0 bridgehead atoms. The highest BCUT2D eigenvalue weighted by atomic mass is 16.2. The number of nitrogens with zero attached hydrogens (tertiary/aromatic N) is 2. The number of hydrogen-bond donors (Lipinski definition) is 3. The van der Waals surface area contributed by atoms with Crippen LogP contribution in [0.25, 0.3) is 10.9 Å². The van der Waals surface area contributed by atoms with Gasteiger partial charge in [-0.1, -0.05) is 24.8 Å². The summed E-state index contributed by atoms with van der Waals surface area (Å²) in [4.78, 5) is 53.5. The van der Waals surface area contributed by atoms with E-state index in [1.54, 1.807) is 16.8 Å². The Morgan fingerprint density at radius 3 is 2.62 bits per heavy atom. The number of Topliss-reactive ketones (excluding diaryl/α,β-unsaturated/α-hetero) is 1. The zero-order chi connectivity index (χ0) is 22.8. The van der Waals surface area contributed by atoms with Crippen LogP contribution >= 0.6 is 0 Å². The highest BCUT2D eigenvalue weighted by molar-refractivity contribution is 6.20. The van der Waals surface area contributed by atoms with E-state index in [-0.39, 0.29) is 19.0 Å². The number of ketones is 1. The molecule has 9 nitrogen and oxygen atoms in total. The third-order valence-corrected chi connectivity index (χ3v) is 6.09. The smallest absolute Gasteiger partial charge is 0.251 e. The second-order valence-corrected chi connectivity index (χ2v) is 8.24. The largest absolute Gasteiger partial charge is 0.362 e. The number of para-hydroxylation sites is 1. The SMILES string of the molecule is C=C1CNC(=O)C(C(=O)c2cn(C)c3ccccc23)NC(=O)CNC(=O)C2CCCCN12. The van der Waals surface area contributed by atoms with Gasteiger partial charge in [-0.3, -0.25) is 19.2 Å². The number of amides is 3. The number of aryl methyl sites for hydroxylation is 1. The van der Waals surface area contributed by atoms with E-state index in [0.717, 1.165) is 18.4 Å². The lowest BCUT2D eigenvalue weighted by atomic mass is 10.00. The molecule has 2 aromatic rings. The fourth-order valence-corrected chi connectivity index (χ4v) is 4.42. The first-order chi connectivity index (χ1) is 15.4. The number of piperidine rings is 1. The van der Waals surface area contributed by atoms with E-state index in [2.05, 4.69) is 22.5 Å². The van der Waals surface area contributed by atoms with Gasteiger partial charge in [0.05, 0.1) is 13.1 Å². The molecule has 0 spiro atoms. The number of carbonyl (C=O) groups excluding carboxylic acids is 4. The predicted octanol–water partition coefficient (Wildman–Crippen LogP) is 0.460.